The number of hydrogen-bond acceptors (Lipinski definition) is 4. The third-order valence-electron chi connectivity index (χ3n) is 6.27. The lowest BCUT2D eigenvalue weighted by atomic mass is 9.58. The summed E-state index contributed by atoms with van der Waals surface area (Å²) in [5.74, 6) is -0.0198. The van der Waals surface area contributed by atoms with E-state index in [2.05, 4.69) is 15.5 Å². The summed E-state index contributed by atoms with van der Waals surface area (Å²) in [5, 5.41) is 11.9. The van der Waals surface area contributed by atoms with Crippen LogP contribution in [0.3, 0.4) is 0 Å². The number of ketones is 1. The minimum Gasteiger partial charge on any atom is -0.362 e. The highest BCUT2D eigenvalue weighted by atomic mass is 19.4. The normalized spacial score (nSPS) is 28.4. The van der Waals surface area contributed by atoms with Gasteiger partial charge in [0.25, 0.3) is 0 Å². The van der Waals surface area contributed by atoms with E-state index in [4.69, 9.17) is 0 Å². The predicted molar refractivity (Wildman–Crippen MR) is 103 cm³/mol. The van der Waals surface area contributed by atoms with Crippen LogP contribution < -0.4 is 5.32 Å². The Balaban J connectivity index is 2.03. The van der Waals surface area contributed by atoms with Crippen LogP contribution in [-0.2, 0) is 16.4 Å². The van der Waals surface area contributed by atoms with Crippen LogP contribution in [0.2, 0.25) is 0 Å². The van der Waals surface area contributed by atoms with Crippen LogP contribution in [0.1, 0.15) is 58.1 Å². The average molecular weight is 403 g/mol. The summed E-state index contributed by atoms with van der Waals surface area (Å²) < 4.78 is 40.4. The Morgan fingerprint density at radius 1 is 1.24 bits per heavy atom. The summed E-state index contributed by atoms with van der Waals surface area (Å²) in [4.78, 5) is 13.4. The van der Waals surface area contributed by atoms with Crippen molar-refractivity contribution in [3.63, 3.8) is 0 Å². The molecule has 1 aromatic rings. The molecule has 1 N–H and O–H groups in total. The molecule has 154 valence electrons. The molecule has 0 saturated heterocycles. The van der Waals surface area contributed by atoms with Crippen LogP contribution in [0.5, 0.6) is 0 Å². The maximum atomic E-state index is 13.5. The molecule has 0 radical (unpaired) electrons. The Hall–Kier alpha value is -2.44. The number of alkyl halides is 3. The molecule has 3 aliphatic rings. The molecule has 2 heterocycles. The number of allylic oxidation sites excluding steroid dienone is 3. The van der Waals surface area contributed by atoms with E-state index >= 15 is 0 Å². The van der Waals surface area contributed by atoms with Gasteiger partial charge in [-0.15, -0.1) is 0 Å². The quantitative estimate of drug-likeness (QED) is 0.692. The van der Waals surface area contributed by atoms with E-state index < -0.39 is 23.3 Å². The Kier molecular flexibility index (Phi) is 4.30. The number of fused-ring (bicyclic) bond motifs is 1. The first-order valence-corrected chi connectivity index (χ1v) is 9.83. The fourth-order valence-electron chi connectivity index (χ4n) is 5.17. The lowest BCUT2D eigenvalue weighted by Crippen LogP contribution is -2.51. The van der Waals surface area contributed by atoms with E-state index in [9.17, 15) is 18.0 Å². The standard InChI is InChI=1S/C22H24F3N3O/c1-5-21(13-7-6-8-14(9-13)22(23,24)25)17-12(2)27-28-19(17)26-15-10-20(3,4)11-16(29)18(15)21/h6-9,19,26H,5,10-11H2,1-4H3. The Morgan fingerprint density at radius 2 is 1.97 bits per heavy atom. The van der Waals surface area contributed by atoms with E-state index in [-0.39, 0.29) is 11.2 Å². The first kappa shape index (κ1) is 19.9. The second-order valence-corrected chi connectivity index (χ2v) is 8.89. The minimum atomic E-state index is -4.46. The lowest BCUT2D eigenvalue weighted by Gasteiger charge is -2.48. The maximum Gasteiger partial charge on any atom is 0.416 e. The summed E-state index contributed by atoms with van der Waals surface area (Å²) in [7, 11) is 0. The van der Waals surface area contributed by atoms with Crippen LogP contribution >= 0.6 is 0 Å². The Morgan fingerprint density at radius 3 is 2.62 bits per heavy atom. The number of carbonyl (C=O) groups excluding carboxylic acids is 1. The molecule has 2 atom stereocenters. The van der Waals surface area contributed by atoms with Crippen molar-refractivity contribution in [1.82, 2.24) is 5.32 Å². The average Bonchev–Trinajstić information content (AvgIpc) is 2.99. The van der Waals surface area contributed by atoms with Gasteiger partial charge in [0, 0.05) is 23.3 Å². The molecule has 4 nitrogen and oxygen atoms in total. The lowest BCUT2D eigenvalue weighted by molar-refractivity contribution is -0.137. The number of nitrogens with one attached hydrogen (secondary N) is 1. The molecule has 0 aromatic heterocycles. The summed E-state index contributed by atoms with van der Waals surface area (Å²) in [5.41, 5.74) is 1.38. The topological polar surface area (TPSA) is 53.8 Å². The highest BCUT2D eigenvalue weighted by Gasteiger charge is 2.54. The van der Waals surface area contributed by atoms with Crippen molar-refractivity contribution in [3.05, 3.63) is 57.9 Å². The molecular formula is C22H24F3N3O. The van der Waals surface area contributed by atoms with Gasteiger partial charge < -0.3 is 5.32 Å². The van der Waals surface area contributed by atoms with Crippen molar-refractivity contribution in [2.24, 2.45) is 15.6 Å². The van der Waals surface area contributed by atoms with Gasteiger partial charge in [-0.1, -0.05) is 39.0 Å². The van der Waals surface area contributed by atoms with Gasteiger partial charge in [-0.3, -0.25) is 4.79 Å². The highest BCUT2D eigenvalue weighted by Crippen LogP contribution is 2.55. The SMILES string of the molecule is CCC1(c2cccc(C(F)(F)F)c2)C2=C(CC(C)(C)CC2=O)NC2N=NC(C)=C21. The molecule has 2 unspecified atom stereocenters. The molecule has 2 aliphatic heterocycles. The molecule has 0 bridgehead atoms. The zero-order valence-corrected chi connectivity index (χ0v) is 16.9. The van der Waals surface area contributed by atoms with Crippen LogP contribution in [-0.4, -0.2) is 11.9 Å². The zero-order chi connectivity index (χ0) is 21.2. The molecule has 0 amide bonds. The second kappa shape index (κ2) is 6.28. The van der Waals surface area contributed by atoms with Crippen molar-refractivity contribution >= 4 is 5.78 Å². The van der Waals surface area contributed by atoms with Gasteiger partial charge in [0.15, 0.2) is 11.9 Å². The van der Waals surface area contributed by atoms with Gasteiger partial charge in [0.05, 0.1) is 16.7 Å². The molecule has 0 spiro atoms. The molecule has 7 heteroatoms. The smallest absolute Gasteiger partial charge is 0.362 e. The Bertz CT molecular complexity index is 987. The van der Waals surface area contributed by atoms with Gasteiger partial charge in [-0.2, -0.15) is 23.4 Å². The molecular weight excluding hydrogens is 379 g/mol. The van der Waals surface area contributed by atoms with E-state index in [1.54, 1.807) is 13.0 Å². The zero-order valence-electron chi connectivity index (χ0n) is 16.9. The maximum absolute atomic E-state index is 13.5. The first-order valence-electron chi connectivity index (χ1n) is 9.83. The fraction of sp³-hybridized carbons (Fsp3) is 0.500. The predicted octanol–water partition coefficient (Wildman–Crippen LogP) is 5.67. The van der Waals surface area contributed by atoms with Crippen LogP contribution in [0.25, 0.3) is 0 Å². The van der Waals surface area contributed by atoms with Crippen LogP contribution in [0, 0.1) is 5.41 Å². The Labute approximate surface area is 168 Å². The van der Waals surface area contributed by atoms with Crippen molar-refractivity contribution in [2.75, 3.05) is 0 Å². The number of azo groups is 1. The number of carbonyl (C=O) groups is 1. The van der Waals surface area contributed by atoms with Gasteiger partial charge in [-0.05, 0) is 36.8 Å². The number of nitrogens with zero attached hydrogens (tertiary/aromatic N) is 2. The highest BCUT2D eigenvalue weighted by molar-refractivity contribution is 6.01. The summed E-state index contributed by atoms with van der Waals surface area (Å²) in [6, 6.07) is 5.36. The number of rotatable bonds is 2. The van der Waals surface area contributed by atoms with E-state index in [0.29, 0.717) is 36.1 Å². The van der Waals surface area contributed by atoms with E-state index in [0.717, 1.165) is 17.3 Å². The van der Waals surface area contributed by atoms with Gasteiger partial charge in [0.2, 0.25) is 0 Å². The van der Waals surface area contributed by atoms with Crippen molar-refractivity contribution in [3.8, 4) is 0 Å². The molecule has 4 rings (SSSR count). The van der Waals surface area contributed by atoms with Gasteiger partial charge in [0.1, 0.15) is 0 Å². The number of halogens is 3. The van der Waals surface area contributed by atoms with Crippen LogP contribution in [0.15, 0.2) is 57.0 Å². The molecule has 1 aliphatic carbocycles. The first-order chi connectivity index (χ1) is 13.5. The number of benzene rings is 1. The second-order valence-electron chi connectivity index (χ2n) is 8.89. The molecule has 1 aromatic carbocycles. The van der Waals surface area contributed by atoms with E-state index in [1.807, 2.05) is 20.8 Å². The van der Waals surface area contributed by atoms with Crippen molar-refractivity contribution in [2.45, 2.75) is 64.7 Å². The summed E-state index contributed by atoms with van der Waals surface area (Å²) in [6.45, 7) is 7.78. The monoisotopic (exact) mass is 403 g/mol. The fourth-order valence-corrected chi connectivity index (χ4v) is 5.17. The third-order valence-corrected chi connectivity index (χ3v) is 6.27. The molecule has 0 saturated carbocycles. The van der Waals surface area contributed by atoms with Crippen LogP contribution in [0.4, 0.5) is 13.2 Å². The van der Waals surface area contributed by atoms with Crippen molar-refractivity contribution in [1.29, 1.82) is 0 Å². The molecule has 0 fully saturated rings. The number of Topliss-reactive ketones (excluding diaryl/α,β-unsaturated/α-hetero) is 1. The van der Waals surface area contributed by atoms with Crippen molar-refractivity contribution < 1.29 is 18.0 Å². The van der Waals surface area contributed by atoms with Gasteiger partial charge in [-0.25, -0.2) is 0 Å². The van der Waals surface area contributed by atoms with Gasteiger partial charge >= 0.3 is 6.18 Å². The summed E-state index contributed by atoms with van der Waals surface area (Å²) >= 11 is 0. The summed E-state index contributed by atoms with van der Waals surface area (Å²) in [6.07, 6.45) is -3.45. The molecule has 29 heavy (non-hydrogen) atoms. The van der Waals surface area contributed by atoms with E-state index in [1.165, 1.54) is 12.1 Å². The number of hydrogen-bond donors (Lipinski definition) is 1. The minimum absolute atomic E-state index is 0.0198. The third kappa shape index (κ3) is 2.93. The largest absolute Gasteiger partial charge is 0.416 e.